The van der Waals surface area contributed by atoms with Crippen molar-refractivity contribution in [2.45, 2.75) is 31.2 Å². The number of likely N-dealkylation sites (N-methyl/N-ethyl adjacent to an activating group) is 2. The van der Waals surface area contributed by atoms with Crippen LogP contribution in [-0.2, 0) is 0 Å². The number of piperidine rings is 1. The molecule has 2 aliphatic rings. The lowest BCUT2D eigenvalue weighted by molar-refractivity contribution is 0.112. The molecule has 2 fully saturated rings. The molecule has 0 saturated carbocycles. The average molecular weight is 211 g/mol. The fourth-order valence-electron chi connectivity index (χ4n) is 3.14. The van der Waals surface area contributed by atoms with Gasteiger partial charge in [0, 0.05) is 18.6 Å². The summed E-state index contributed by atoms with van der Waals surface area (Å²) in [5.41, 5.74) is 0.358. The van der Waals surface area contributed by atoms with E-state index in [0.717, 1.165) is 0 Å². The van der Waals surface area contributed by atoms with Crippen molar-refractivity contribution in [3.63, 3.8) is 0 Å². The van der Waals surface area contributed by atoms with Gasteiger partial charge in [0.1, 0.15) is 0 Å². The van der Waals surface area contributed by atoms with Crippen molar-refractivity contribution in [1.29, 1.82) is 0 Å². The monoisotopic (exact) mass is 211 g/mol. The molecule has 88 valence electrons. The van der Waals surface area contributed by atoms with Crippen LogP contribution in [0.25, 0.3) is 0 Å². The van der Waals surface area contributed by atoms with Crippen LogP contribution in [0.5, 0.6) is 0 Å². The molecule has 2 heterocycles. The number of nitrogens with one attached hydrogen (secondary N) is 1. The molecule has 2 rings (SSSR count). The number of rotatable bonds is 3. The minimum absolute atomic E-state index is 0.358. The highest BCUT2D eigenvalue weighted by atomic mass is 15.2. The molecule has 0 spiro atoms. The molecular weight excluding hydrogens is 186 g/mol. The summed E-state index contributed by atoms with van der Waals surface area (Å²) in [6.07, 6.45) is 5.47. The third-order valence-electron chi connectivity index (χ3n) is 4.02. The molecule has 0 aromatic heterocycles. The normalized spacial score (nSPS) is 34.8. The van der Waals surface area contributed by atoms with Gasteiger partial charge < -0.3 is 15.1 Å². The van der Waals surface area contributed by atoms with Gasteiger partial charge in [-0.25, -0.2) is 0 Å². The summed E-state index contributed by atoms with van der Waals surface area (Å²) in [4.78, 5) is 5.10. The van der Waals surface area contributed by atoms with Gasteiger partial charge in [0.2, 0.25) is 0 Å². The third-order valence-corrected chi connectivity index (χ3v) is 4.02. The molecule has 0 amide bonds. The Labute approximate surface area is 93.8 Å². The Balaban J connectivity index is 1.93. The molecular formula is C12H25N3. The smallest absolute Gasteiger partial charge is 0.0435 e. The Kier molecular flexibility index (Phi) is 3.65. The van der Waals surface area contributed by atoms with E-state index < -0.39 is 0 Å². The van der Waals surface area contributed by atoms with E-state index in [0.29, 0.717) is 5.54 Å². The fourth-order valence-corrected chi connectivity index (χ4v) is 3.14. The summed E-state index contributed by atoms with van der Waals surface area (Å²) < 4.78 is 0. The molecule has 3 heteroatoms. The second kappa shape index (κ2) is 4.81. The van der Waals surface area contributed by atoms with Crippen LogP contribution < -0.4 is 5.32 Å². The van der Waals surface area contributed by atoms with E-state index in [4.69, 9.17) is 0 Å². The van der Waals surface area contributed by atoms with Gasteiger partial charge in [-0.1, -0.05) is 0 Å². The zero-order valence-electron chi connectivity index (χ0n) is 10.3. The van der Waals surface area contributed by atoms with Crippen molar-refractivity contribution in [3.05, 3.63) is 0 Å². The predicted molar refractivity (Wildman–Crippen MR) is 64.2 cm³/mol. The van der Waals surface area contributed by atoms with E-state index in [1.54, 1.807) is 0 Å². The van der Waals surface area contributed by atoms with Crippen molar-refractivity contribution >= 4 is 0 Å². The molecule has 0 radical (unpaired) electrons. The maximum atomic E-state index is 3.59. The topological polar surface area (TPSA) is 18.5 Å². The van der Waals surface area contributed by atoms with Crippen LogP contribution in [0.4, 0.5) is 0 Å². The molecule has 0 aromatic carbocycles. The average Bonchev–Trinajstić information content (AvgIpc) is 2.70. The lowest BCUT2D eigenvalue weighted by Crippen LogP contribution is -2.60. The summed E-state index contributed by atoms with van der Waals surface area (Å²) in [7, 11) is 4.38. The largest absolute Gasteiger partial charge is 0.312 e. The van der Waals surface area contributed by atoms with E-state index in [2.05, 4.69) is 29.2 Å². The Bertz CT molecular complexity index is 201. The van der Waals surface area contributed by atoms with Gasteiger partial charge in [0.15, 0.2) is 0 Å². The Morgan fingerprint density at radius 1 is 1.13 bits per heavy atom. The molecule has 15 heavy (non-hydrogen) atoms. The molecule has 0 aromatic rings. The first-order chi connectivity index (χ1) is 7.24. The van der Waals surface area contributed by atoms with Crippen LogP contribution in [0, 0.1) is 0 Å². The van der Waals surface area contributed by atoms with Crippen molar-refractivity contribution in [2.75, 3.05) is 46.8 Å². The first-order valence-electron chi connectivity index (χ1n) is 6.34. The first kappa shape index (κ1) is 11.4. The lowest BCUT2D eigenvalue weighted by Gasteiger charge is -2.43. The van der Waals surface area contributed by atoms with Crippen molar-refractivity contribution < 1.29 is 0 Å². The molecule has 1 atom stereocenters. The Hall–Kier alpha value is -0.120. The predicted octanol–water partition coefficient (Wildman–Crippen LogP) is 0.766. The molecule has 2 saturated heterocycles. The summed E-state index contributed by atoms with van der Waals surface area (Å²) in [5, 5.41) is 3.59. The molecule has 0 bridgehead atoms. The van der Waals surface area contributed by atoms with Gasteiger partial charge in [-0.05, 0) is 59.4 Å². The van der Waals surface area contributed by atoms with Gasteiger partial charge in [0.25, 0.3) is 0 Å². The number of likely N-dealkylation sites (tertiary alicyclic amines) is 2. The minimum Gasteiger partial charge on any atom is -0.312 e. The highest BCUT2D eigenvalue weighted by Crippen LogP contribution is 2.23. The maximum Gasteiger partial charge on any atom is 0.0435 e. The molecule has 0 aliphatic carbocycles. The highest BCUT2D eigenvalue weighted by Gasteiger charge is 2.34. The van der Waals surface area contributed by atoms with Crippen molar-refractivity contribution in [2.24, 2.45) is 0 Å². The zero-order chi connectivity index (χ0) is 10.7. The molecule has 1 unspecified atom stereocenters. The second-order valence-corrected chi connectivity index (χ2v) is 5.35. The summed E-state index contributed by atoms with van der Waals surface area (Å²) in [5.74, 6) is 0. The number of hydrogen-bond acceptors (Lipinski definition) is 3. The van der Waals surface area contributed by atoms with Crippen LogP contribution in [0.2, 0.25) is 0 Å². The zero-order valence-corrected chi connectivity index (χ0v) is 10.3. The van der Waals surface area contributed by atoms with Crippen LogP contribution in [0.1, 0.15) is 25.7 Å². The van der Waals surface area contributed by atoms with Gasteiger partial charge in [-0.15, -0.1) is 0 Å². The van der Waals surface area contributed by atoms with E-state index in [9.17, 15) is 0 Å². The van der Waals surface area contributed by atoms with Gasteiger partial charge in [-0.3, -0.25) is 0 Å². The summed E-state index contributed by atoms with van der Waals surface area (Å²) >= 11 is 0. The van der Waals surface area contributed by atoms with Crippen molar-refractivity contribution in [3.8, 4) is 0 Å². The molecule has 1 N–H and O–H groups in total. The summed E-state index contributed by atoms with van der Waals surface area (Å²) in [6.45, 7) is 6.34. The third kappa shape index (κ3) is 2.71. The fraction of sp³-hybridized carbons (Fsp3) is 1.00. The van der Waals surface area contributed by atoms with E-state index >= 15 is 0 Å². The van der Waals surface area contributed by atoms with Crippen LogP contribution in [0.15, 0.2) is 0 Å². The van der Waals surface area contributed by atoms with Crippen molar-refractivity contribution in [1.82, 2.24) is 15.1 Å². The lowest BCUT2D eigenvalue weighted by atomic mass is 9.89. The second-order valence-electron chi connectivity index (χ2n) is 5.35. The SMILES string of the molecule is CNC1(CN2CCCC2)CCCN(C)C1. The standard InChI is InChI=1S/C12H25N3/c1-13-12(6-5-7-14(2)10-12)11-15-8-3-4-9-15/h13H,3-11H2,1-2H3. The first-order valence-corrected chi connectivity index (χ1v) is 6.34. The highest BCUT2D eigenvalue weighted by molar-refractivity contribution is 4.96. The van der Waals surface area contributed by atoms with Gasteiger partial charge >= 0.3 is 0 Å². The van der Waals surface area contributed by atoms with Crippen LogP contribution in [0.3, 0.4) is 0 Å². The number of hydrogen-bond donors (Lipinski definition) is 1. The maximum absolute atomic E-state index is 3.59. The quantitative estimate of drug-likeness (QED) is 0.744. The van der Waals surface area contributed by atoms with E-state index in [1.165, 1.54) is 58.4 Å². The van der Waals surface area contributed by atoms with Gasteiger partial charge in [0.05, 0.1) is 0 Å². The minimum atomic E-state index is 0.358. The van der Waals surface area contributed by atoms with Gasteiger partial charge in [-0.2, -0.15) is 0 Å². The van der Waals surface area contributed by atoms with E-state index in [-0.39, 0.29) is 0 Å². The van der Waals surface area contributed by atoms with Crippen LogP contribution >= 0.6 is 0 Å². The molecule has 3 nitrogen and oxygen atoms in total. The summed E-state index contributed by atoms with van der Waals surface area (Å²) in [6, 6.07) is 0. The Morgan fingerprint density at radius 3 is 2.47 bits per heavy atom. The van der Waals surface area contributed by atoms with Crippen LogP contribution in [-0.4, -0.2) is 62.2 Å². The number of nitrogens with zero attached hydrogens (tertiary/aromatic N) is 2. The van der Waals surface area contributed by atoms with E-state index in [1.807, 2.05) is 0 Å². The molecule has 2 aliphatic heterocycles. The Morgan fingerprint density at radius 2 is 1.87 bits per heavy atom.